The Morgan fingerprint density at radius 1 is 1.00 bits per heavy atom. The Labute approximate surface area is 126 Å². The van der Waals surface area contributed by atoms with Crippen molar-refractivity contribution in [3.05, 3.63) is 23.8 Å². The molecule has 0 aliphatic carbocycles. The lowest BCUT2D eigenvalue weighted by molar-refractivity contribution is 0.0937. The summed E-state index contributed by atoms with van der Waals surface area (Å²) in [6.07, 6.45) is 0. The monoisotopic (exact) mass is 292 g/mol. The van der Waals surface area contributed by atoms with Gasteiger partial charge in [0.1, 0.15) is 13.2 Å². The lowest BCUT2D eigenvalue weighted by Crippen LogP contribution is -2.46. The predicted octanol–water partition coefficient (Wildman–Crippen LogP) is 1.22. The minimum absolute atomic E-state index is 0.647. The van der Waals surface area contributed by atoms with Crippen LogP contribution in [-0.4, -0.2) is 69.5 Å². The van der Waals surface area contributed by atoms with Gasteiger partial charge in [-0.25, -0.2) is 0 Å². The zero-order chi connectivity index (χ0) is 14.5. The average molecular weight is 292 g/mol. The van der Waals surface area contributed by atoms with Crippen molar-refractivity contribution in [2.75, 3.05) is 59.7 Å². The molecule has 1 aromatic carbocycles. The summed E-state index contributed by atoms with van der Waals surface area (Å²) >= 11 is 0. The minimum Gasteiger partial charge on any atom is -0.486 e. The number of piperazine rings is 1. The van der Waals surface area contributed by atoms with E-state index >= 15 is 0 Å². The summed E-state index contributed by atoms with van der Waals surface area (Å²) in [5.74, 6) is 1.76. The van der Waals surface area contributed by atoms with E-state index in [1.54, 1.807) is 7.11 Å². The Balaban J connectivity index is 1.51. The van der Waals surface area contributed by atoms with Crippen molar-refractivity contribution in [3.63, 3.8) is 0 Å². The SMILES string of the molecule is COCCN1CCN(Cc2ccc3c(c2)OCCO3)CC1. The summed E-state index contributed by atoms with van der Waals surface area (Å²) in [6.45, 7) is 8.59. The van der Waals surface area contributed by atoms with Crippen LogP contribution in [0.3, 0.4) is 0 Å². The largest absolute Gasteiger partial charge is 0.486 e. The first-order chi connectivity index (χ1) is 10.3. The van der Waals surface area contributed by atoms with Crippen LogP contribution in [0.25, 0.3) is 0 Å². The fraction of sp³-hybridized carbons (Fsp3) is 0.625. The van der Waals surface area contributed by atoms with E-state index in [2.05, 4.69) is 21.9 Å². The lowest BCUT2D eigenvalue weighted by Gasteiger charge is -2.34. The second-order valence-corrected chi connectivity index (χ2v) is 5.59. The van der Waals surface area contributed by atoms with Gasteiger partial charge < -0.3 is 14.2 Å². The highest BCUT2D eigenvalue weighted by molar-refractivity contribution is 5.43. The average Bonchev–Trinajstić information content (AvgIpc) is 2.54. The van der Waals surface area contributed by atoms with Gasteiger partial charge in [-0.3, -0.25) is 9.80 Å². The molecule has 0 atom stereocenters. The maximum atomic E-state index is 5.65. The van der Waals surface area contributed by atoms with E-state index in [0.717, 1.165) is 57.4 Å². The number of nitrogens with zero attached hydrogens (tertiary/aromatic N) is 2. The Kier molecular flexibility index (Phi) is 4.95. The zero-order valence-corrected chi connectivity index (χ0v) is 12.7. The first kappa shape index (κ1) is 14.6. The summed E-state index contributed by atoms with van der Waals surface area (Å²) in [5, 5.41) is 0. The molecular formula is C16H24N2O3. The van der Waals surface area contributed by atoms with Crippen LogP contribution in [0.15, 0.2) is 18.2 Å². The van der Waals surface area contributed by atoms with Gasteiger partial charge >= 0.3 is 0 Å². The van der Waals surface area contributed by atoms with Gasteiger partial charge in [0.25, 0.3) is 0 Å². The number of hydrogen-bond donors (Lipinski definition) is 0. The normalized spacial score (nSPS) is 19.7. The van der Waals surface area contributed by atoms with E-state index in [0.29, 0.717) is 13.2 Å². The molecule has 1 fully saturated rings. The molecule has 1 saturated heterocycles. The first-order valence-corrected chi connectivity index (χ1v) is 7.67. The molecule has 0 saturated carbocycles. The van der Waals surface area contributed by atoms with Crippen LogP contribution in [0.2, 0.25) is 0 Å². The summed E-state index contributed by atoms with van der Waals surface area (Å²) in [7, 11) is 1.76. The van der Waals surface area contributed by atoms with Crippen LogP contribution in [0.1, 0.15) is 5.56 Å². The van der Waals surface area contributed by atoms with Crippen LogP contribution in [0, 0.1) is 0 Å². The molecule has 0 radical (unpaired) electrons. The number of ether oxygens (including phenoxy) is 3. The van der Waals surface area contributed by atoms with Gasteiger partial charge in [-0.15, -0.1) is 0 Å². The molecular weight excluding hydrogens is 268 g/mol. The van der Waals surface area contributed by atoms with Crippen LogP contribution in [0.5, 0.6) is 11.5 Å². The van der Waals surface area contributed by atoms with Crippen LogP contribution in [0.4, 0.5) is 0 Å². The maximum absolute atomic E-state index is 5.65. The van der Waals surface area contributed by atoms with Gasteiger partial charge in [-0.2, -0.15) is 0 Å². The highest BCUT2D eigenvalue weighted by Gasteiger charge is 2.18. The molecule has 21 heavy (non-hydrogen) atoms. The number of methoxy groups -OCH3 is 1. The van der Waals surface area contributed by atoms with E-state index in [1.165, 1.54) is 5.56 Å². The van der Waals surface area contributed by atoms with E-state index in [4.69, 9.17) is 14.2 Å². The fourth-order valence-electron chi connectivity index (χ4n) is 2.84. The molecule has 3 rings (SSSR count). The van der Waals surface area contributed by atoms with Gasteiger partial charge in [0.2, 0.25) is 0 Å². The van der Waals surface area contributed by atoms with E-state index < -0.39 is 0 Å². The third-order valence-electron chi connectivity index (χ3n) is 4.09. The summed E-state index contributed by atoms with van der Waals surface area (Å²) in [6, 6.07) is 6.29. The smallest absolute Gasteiger partial charge is 0.161 e. The molecule has 0 unspecified atom stereocenters. The topological polar surface area (TPSA) is 34.2 Å². The van der Waals surface area contributed by atoms with Crippen LogP contribution < -0.4 is 9.47 Å². The zero-order valence-electron chi connectivity index (χ0n) is 12.7. The summed E-state index contributed by atoms with van der Waals surface area (Å²) in [4.78, 5) is 4.96. The number of fused-ring (bicyclic) bond motifs is 1. The van der Waals surface area contributed by atoms with Crippen molar-refractivity contribution in [2.45, 2.75) is 6.54 Å². The van der Waals surface area contributed by atoms with Crippen molar-refractivity contribution >= 4 is 0 Å². The molecule has 116 valence electrons. The van der Waals surface area contributed by atoms with Crippen molar-refractivity contribution in [1.29, 1.82) is 0 Å². The van der Waals surface area contributed by atoms with Crippen molar-refractivity contribution in [1.82, 2.24) is 9.80 Å². The molecule has 2 aliphatic rings. The molecule has 2 aliphatic heterocycles. The highest BCUT2D eigenvalue weighted by atomic mass is 16.6. The Morgan fingerprint density at radius 3 is 2.48 bits per heavy atom. The van der Waals surface area contributed by atoms with Crippen LogP contribution >= 0.6 is 0 Å². The van der Waals surface area contributed by atoms with Crippen molar-refractivity contribution < 1.29 is 14.2 Å². The third-order valence-corrected chi connectivity index (χ3v) is 4.09. The molecule has 0 N–H and O–H groups in total. The second kappa shape index (κ2) is 7.11. The highest BCUT2D eigenvalue weighted by Crippen LogP contribution is 2.31. The molecule has 1 aromatic rings. The molecule has 5 nitrogen and oxygen atoms in total. The van der Waals surface area contributed by atoms with E-state index in [-0.39, 0.29) is 0 Å². The van der Waals surface area contributed by atoms with Gasteiger partial charge in [0, 0.05) is 46.4 Å². The van der Waals surface area contributed by atoms with Gasteiger partial charge in [-0.1, -0.05) is 6.07 Å². The van der Waals surface area contributed by atoms with Gasteiger partial charge in [0.05, 0.1) is 6.61 Å². The standard InChI is InChI=1S/C16H24N2O3/c1-19-9-8-17-4-6-18(7-5-17)13-14-2-3-15-16(12-14)21-11-10-20-15/h2-3,12H,4-11,13H2,1H3. The Hall–Kier alpha value is -1.30. The fourth-order valence-corrected chi connectivity index (χ4v) is 2.84. The van der Waals surface area contributed by atoms with Gasteiger partial charge in [-0.05, 0) is 17.7 Å². The van der Waals surface area contributed by atoms with Crippen molar-refractivity contribution in [3.8, 4) is 11.5 Å². The molecule has 0 amide bonds. The van der Waals surface area contributed by atoms with E-state index in [1.807, 2.05) is 6.07 Å². The van der Waals surface area contributed by atoms with E-state index in [9.17, 15) is 0 Å². The number of hydrogen-bond acceptors (Lipinski definition) is 5. The summed E-state index contributed by atoms with van der Waals surface area (Å²) in [5.41, 5.74) is 1.30. The number of benzene rings is 1. The minimum atomic E-state index is 0.647. The van der Waals surface area contributed by atoms with Gasteiger partial charge in [0.15, 0.2) is 11.5 Å². The maximum Gasteiger partial charge on any atom is 0.161 e. The molecule has 2 heterocycles. The molecule has 0 bridgehead atoms. The lowest BCUT2D eigenvalue weighted by atomic mass is 10.1. The second-order valence-electron chi connectivity index (χ2n) is 5.59. The summed E-state index contributed by atoms with van der Waals surface area (Å²) < 4.78 is 16.4. The quantitative estimate of drug-likeness (QED) is 0.815. The predicted molar refractivity (Wildman–Crippen MR) is 81.0 cm³/mol. The number of rotatable bonds is 5. The molecule has 0 spiro atoms. The third kappa shape index (κ3) is 3.87. The molecule has 5 heteroatoms. The van der Waals surface area contributed by atoms with Crippen molar-refractivity contribution in [2.24, 2.45) is 0 Å². The van der Waals surface area contributed by atoms with Crippen LogP contribution in [-0.2, 0) is 11.3 Å². The Morgan fingerprint density at radius 2 is 1.71 bits per heavy atom. The first-order valence-electron chi connectivity index (χ1n) is 7.67. The molecule has 0 aromatic heterocycles. The Bertz CT molecular complexity index is 459.